The second kappa shape index (κ2) is 3.46. The molecule has 2 N–H and O–H groups in total. The summed E-state index contributed by atoms with van der Waals surface area (Å²) in [6.07, 6.45) is 0. The molecule has 0 atom stereocenters. The minimum atomic E-state index is -0.208. The first kappa shape index (κ1) is 10.2. The lowest BCUT2D eigenvalue weighted by atomic mass is 10.2. The Morgan fingerprint density at radius 1 is 1.31 bits per heavy atom. The number of hydrogen-bond acceptors (Lipinski definition) is 2. The van der Waals surface area contributed by atoms with Crippen LogP contribution in [-0.2, 0) is 0 Å². The Kier molecular flexibility index (Phi) is 2.71. The molecule has 0 aromatic heterocycles. The molecule has 0 bridgehead atoms. The van der Waals surface area contributed by atoms with Crippen LogP contribution in [0.1, 0.15) is 20.8 Å². The third-order valence-electron chi connectivity index (χ3n) is 1.39. The van der Waals surface area contributed by atoms with Gasteiger partial charge in [-0.25, -0.2) is 0 Å². The molecule has 0 aliphatic heterocycles. The first-order chi connectivity index (χ1) is 5.88. The van der Waals surface area contributed by atoms with Gasteiger partial charge in [0.2, 0.25) is 0 Å². The van der Waals surface area contributed by atoms with Crippen molar-refractivity contribution in [1.82, 2.24) is 0 Å². The quantitative estimate of drug-likeness (QED) is 0.706. The van der Waals surface area contributed by atoms with Gasteiger partial charge in [-0.05, 0) is 32.9 Å². The zero-order chi connectivity index (χ0) is 10.1. The molecule has 2 nitrogen and oxygen atoms in total. The Morgan fingerprint density at radius 3 is 2.38 bits per heavy atom. The summed E-state index contributed by atoms with van der Waals surface area (Å²) in [5.74, 6) is 0.745. The van der Waals surface area contributed by atoms with Gasteiger partial charge in [0.05, 0.1) is 10.7 Å². The summed E-state index contributed by atoms with van der Waals surface area (Å²) in [7, 11) is 0. The van der Waals surface area contributed by atoms with Crippen molar-refractivity contribution in [1.29, 1.82) is 0 Å². The van der Waals surface area contributed by atoms with Gasteiger partial charge in [0.15, 0.2) is 0 Å². The molecule has 0 amide bonds. The van der Waals surface area contributed by atoms with Gasteiger partial charge in [0.1, 0.15) is 11.4 Å². The Hall–Kier alpha value is -0.890. The van der Waals surface area contributed by atoms with E-state index in [2.05, 4.69) is 0 Å². The highest BCUT2D eigenvalue weighted by molar-refractivity contribution is 6.33. The number of nitrogen functional groups attached to an aromatic ring is 1. The van der Waals surface area contributed by atoms with Crippen molar-refractivity contribution < 1.29 is 4.74 Å². The van der Waals surface area contributed by atoms with Crippen LogP contribution in [0.2, 0.25) is 5.02 Å². The lowest BCUT2D eigenvalue weighted by molar-refractivity contribution is 0.131. The highest BCUT2D eigenvalue weighted by atomic mass is 35.5. The summed E-state index contributed by atoms with van der Waals surface area (Å²) in [5.41, 5.74) is 5.96. The maximum absolute atomic E-state index is 5.77. The monoisotopic (exact) mass is 199 g/mol. The summed E-state index contributed by atoms with van der Waals surface area (Å²) in [6, 6.07) is 5.27. The van der Waals surface area contributed by atoms with E-state index in [-0.39, 0.29) is 5.60 Å². The molecular formula is C10H14ClNO. The van der Waals surface area contributed by atoms with Gasteiger partial charge < -0.3 is 10.5 Å². The maximum Gasteiger partial charge on any atom is 0.122 e. The number of hydrogen-bond donors (Lipinski definition) is 1. The fourth-order valence-corrected chi connectivity index (χ4v) is 1.06. The normalized spacial score (nSPS) is 11.4. The number of nitrogens with two attached hydrogens (primary N) is 1. The van der Waals surface area contributed by atoms with E-state index in [9.17, 15) is 0 Å². The molecule has 0 heterocycles. The zero-order valence-electron chi connectivity index (χ0n) is 8.10. The number of benzene rings is 1. The topological polar surface area (TPSA) is 35.2 Å². The molecule has 0 fully saturated rings. The third-order valence-corrected chi connectivity index (χ3v) is 1.74. The van der Waals surface area contributed by atoms with Crippen molar-refractivity contribution in [2.75, 3.05) is 5.73 Å². The fourth-order valence-electron chi connectivity index (χ4n) is 0.939. The summed E-state index contributed by atoms with van der Waals surface area (Å²) in [4.78, 5) is 0. The van der Waals surface area contributed by atoms with Crippen molar-refractivity contribution >= 4 is 17.3 Å². The van der Waals surface area contributed by atoms with E-state index in [1.807, 2.05) is 26.8 Å². The molecule has 0 unspecified atom stereocenters. The molecule has 0 saturated carbocycles. The molecule has 0 saturated heterocycles. The van der Waals surface area contributed by atoms with Crippen molar-refractivity contribution in [2.45, 2.75) is 26.4 Å². The van der Waals surface area contributed by atoms with Gasteiger partial charge in [-0.3, -0.25) is 0 Å². The van der Waals surface area contributed by atoms with Crippen LogP contribution in [0.4, 0.5) is 5.69 Å². The molecule has 13 heavy (non-hydrogen) atoms. The van der Waals surface area contributed by atoms with Crippen LogP contribution in [0.5, 0.6) is 5.75 Å². The van der Waals surface area contributed by atoms with Crippen molar-refractivity contribution in [2.24, 2.45) is 0 Å². The Bertz CT molecular complexity index is 304. The van der Waals surface area contributed by atoms with Gasteiger partial charge in [0, 0.05) is 6.07 Å². The van der Waals surface area contributed by atoms with E-state index in [1.165, 1.54) is 0 Å². The minimum absolute atomic E-state index is 0.208. The first-order valence-corrected chi connectivity index (χ1v) is 4.50. The SMILES string of the molecule is CC(C)(C)Oc1ccc(Cl)c(N)c1. The summed E-state index contributed by atoms with van der Waals surface area (Å²) >= 11 is 5.77. The van der Waals surface area contributed by atoms with Crippen LogP contribution in [-0.4, -0.2) is 5.60 Å². The Morgan fingerprint density at radius 2 is 1.92 bits per heavy atom. The van der Waals surface area contributed by atoms with E-state index in [0.717, 1.165) is 5.75 Å². The predicted octanol–water partition coefficient (Wildman–Crippen LogP) is 3.10. The minimum Gasteiger partial charge on any atom is -0.488 e. The molecule has 3 heteroatoms. The van der Waals surface area contributed by atoms with Crippen LogP contribution in [0.3, 0.4) is 0 Å². The molecule has 0 aliphatic rings. The molecule has 0 radical (unpaired) electrons. The van der Waals surface area contributed by atoms with E-state index in [1.54, 1.807) is 12.1 Å². The lowest BCUT2D eigenvalue weighted by Gasteiger charge is -2.21. The maximum atomic E-state index is 5.77. The number of ether oxygens (including phenoxy) is 1. The predicted molar refractivity (Wildman–Crippen MR) is 56.2 cm³/mol. The van der Waals surface area contributed by atoms with E-state index < -0.39 is 0 Å². The summed E-state index contributed by atoms with van der Waals surface area (Å²) in [6.45, 7) is 5.95. The highest BCUT2D eigenvalue weighted by Gasteiger charge is 2.11. The second-order valence-electron chi connectivity index (χ2n) is 3.90. The fraction of sp³-hybridized carbons (Fsp3) is 0.400. The van der Waals surface area contributed by atoms with Crippen LogP contribution < -0.4 is 10.5 Å². The molecule has 0 aliphatic carbocycles. The second-order valence-corrected chi connectivity index (χ2v) is 4.30. The molecular weight excluding hydrogens is 186 g/mol. The lowest BCUT2D eigenvalue weighted by Crippen LogP contribution is -2.22. The van der Waals surface area contributed by atoms with Crippen LogP contribution in [0, 0.1) is 0 Å². The highest BCUT2D eigenvalue weighted by Crippen LogP contribution is 2.26. The standard InChI is InChI=1S/C10H14ClNO/c1-10(2,3)13-7-4-5-8(11)9(12)6-7/h4-6H,12H2,1-3H3. The molecule has 72 valence electrons. The summed E-state index contributed by atoms with van der Waals surface area (Å²) < 4.78 is 5.60. The van der Waals surface area contributed by atoms with Crippen LogP contribution >= 0.6 is 11.6 Å². The van der Waals surface area contributed by atoms with Gasteiger partial charge in [-0.2, -0.15) is 0 Å². The average molecular weight is 200 g/mol. The van der Waals surface area contributed by atoms with Gasteiger partial charge in [0.25, 0.3) is 0 Å². The van der Waals surface area contributed by atoms with E-state index in [0.29, 0.717) is 10.7 Å². The van der Waals surface area contributed by atoms with Gasteiger partial charge in [-0.15, -0.1) is 0 Å². The van der Waals surface area contributed by atoms with E-state index >= 15 is 0 Å². The van der Waals surface area contributed by atoms with Crippen LogP contribution in [0.15, 0.2) is 18.2 Å². The van der Waals surface area contributed by atoms with E-state index in [4.69, 9.17) is 22.1 Å². The van der Waals surface area contributed by atoms with Gasteiger partial charge in [-0.1, -0.05) is 11.6 Å². The van der Waals surface area contributed by atoms with Crippen LogP contribution in [0.25, 0.3) is 0 Å². The molecule has 1 rings (SSSR count). The smallest absolute Gasteiger partial charge is 0.122 e. The number of halogens is 1. The molecule has 0 spiro atoms. The molecule has 1 aromatic carbocycles. The average Bonchev–Trinajstić information content (AvgIpc) is 1.94. The zero-order valence-corrected chi connectivity index (χ0v) is 8.85. The Labute approximate surface area is 83.6 Å². The largest absolute Gasteiger partial charge is 0.488 e. The number of rotatable bonds is 1. The first-order valence-electron chi connectivity index (χ1n) is 4.12. The summed E-state index contributed by atoms with van der Waals surface area (Å²) in [5, 5.41) is 0.557. The molecule has 1 aromatic rings. The van der Waals surface area contributed by atoms with Crippen molar-refractivity contribution in [3.05, 3.63) is 23.2 Å². The van der Waals surface area contributed by atoms with Crippen molar-refractivity contribution in [3.8, 4) is 5.75 Å². The Balaban J connectivity index is 2.86. The third kappa shape index (κ3) is 3.15. The van der Waals surface area contributed by atoms with Gasteiger partial charge >= 0.3 is 0 Å². The van der Waals surface area contributed by atoms with Crippen molar-refractivity contribution in [3.63, 3.8) is 0 Å². The number of anilines is 1.